The van der Waals surface area contributed by atoms with Crippen LogP contribution in [0.4, 0.5) is 10.5 Å². The lowest BCUT2D eigenvalue weighted by atomic mass is 10.1. The van der Waals surface area contributed by atoms with Crippen molar-refractivity contribution in [3.63, 3.8) is 0 Å². The minimum atomic E-state index is -0.810. The second-order valence-electron chi connectivity index (χ2n) is 7.46. The van der Waals surface area contributed by atoms with Gasteiger partial charge in [-0.2, -0.15) is 0 Å². The van der Waals surface area contributed by atoms with Gasteiger partial charge in [0.15, 0.2) is 0 Å². The van der Waals surface area contributed by atoms with Gasteiger partial charge in [0.1, 0.15) is 17.9 Å². The summed E-state index contributed by atoms with van der Waals surface area (Å²) in [6.45, 7) is 2.06. The van der Waals surface area contributed by atoms with Crippen LogP contribution in [0.5, 0.6) is 5.75 Å². The number of nitrogens with one attached hydrogen (secondary N) is 1. The molecule has 34 heavy (non-hydrogen) atoms. The molecule has 4 rings (SSSR count). The van der Waals surface area contributed by atoms with Crippen molar-refractivity contribution in [3.8, 4) is 5.75 Å². The smallest absolute Gasteiger partial charge is 0.335 e. The number of anilines is 1. The maximum Gasteiger partial charge on any atom is 0.335 e. The first-order valence-electron chi connectivity index (χ1n) is 10.1. The monoisotopic (exact) mass is 558 g/mol. The normalized spacial score (nSPS) is 15.0. The van der Waals surface area contributed by atoms with E-state index in [9.17, 15) is 14.4 Å². The van der Waals surface area contributed by atoms with Crippen molar-refractivity contribution >= 4 is 68.7 Å². The molecule has 172 valence electrons. The number of nitrogens with zero attached hydrogens (tertiary/aromatic N) is 1. The van der Waals surface area contributed by atoms with Crippen molar-refractivity contribution in [1.82, 2.24) is 5.32 Å². The molecule has 0 bridgehead atoms. The van der Waals surface area contributed by atoms with Crippen LogP contribution in [-0.2, 0) is 16.2 Å². The summed E-state index contributed by atoms with van der Waals surface area (Å²) in [5.41, 5.74) is 2.29. The molecule has 0 aliphatic carbocycles. The van der Waals surface area contributed by atoms with Gasteiger partial charge in [0.2, 0.25) is 0 Å². The molecule has 1 heterocycles. The van der Waals surface area contributed by atoms with Gasteiger partial charge in [-0.25, -0.2) is 9.69 Å². The molecule has 1 N–H and O–H groups in total. The molecule has 0 saturated carbocycles. The fourth-order valence-electron chi connectivity index (χ4n) is 3.32. The molecule has 3 aromatic carbocycles. The van der Waals surface area contributed by atoms with E-state index in [4.69, 9.17) is 27.9 Å². The predicted molar refractivity (Wildman–Crippen MR) is 135 cm³/mol. The number of hydrogen-bond donors (Lipinski definition) is 1. The van der Waals surface area contributed by atoms with Crippen LogP contribution >= 0.6 is 39.1 Å². The zero-order valence-corrected chi connectivity index (χ0v) is 20.9. The van der Waals surface area contributed by atoms with Crippen LogP contribution in [0.2, 0.25) is 10.0 Å². The number of carbonyl (C=O) groups is 3. The molecule has 1 aliphatic heterocycles. The van der Waals surface area contributed by atoms with Crippen molar-refractivity contribution in [2.24, 2.45) is 0 Å². The summed E-state index contributed by atoms with van der Waals surface area (Å²) in [6, 6.07) is 16.4. The topological polar surface area (TPSA) is 75.7 Å². The highest BCUT2D eigenvalue weighted by Gasteiger charge is 2.36. The Hall–Kier alpha value is -3.13. The van der Waals surface area contributed by atoms with E-state index in [1.54, 1.807) is 42.5 Å². The minimum Gasteiger partial charge on any atom is -0.487 e. The number of benzene rings is 3. The molecule has 0 atom stereocenters. The van der Waals surface area contributed by atoms with Gasteiger partial charge >= 0.3 is 6.03 Å². The summed E-state index contributed by atoms with van der Waals surface area (Å²) in [5.74, 6) is -1.09. The number of imide groups is 2. The molecule has 9 heteroatoms. The Morgan fingerprint density at radius 1 is 1.00 bits per heavy atom. The molecule has 1 fully saturated rings. The Labute approximate surface area is 214 Å². The van der Waals surface area contributed by atoms with E-state index in [0.717, 1.165) is 20.5 Å². The van der Waals surface area contributed by atoms with Crippen LogP contribution in [0.1, 0.15) is 16.7 Å². The molecule has 6 nitrogen and oxygen atoms in total. The third-order valence-electron chi connectivity index (χ3n) is 5.11. The molecular weight excluding hydrogens is 543 g/mol. The van der Waals surface area contributed by atoms with Crippen LogP contribution in [0.25, 0.3) is 6.08 Å². The second kappa shape index (κ2) is 10.0. The zero-order valence-electron chi connectivity index (χ0n) is 17.8. The maximum atomic E-state index is 13.1. The fraction of sp³-hybridized carbons (Fsp3) is 0.0800. The van der Waals surface area contributed by atoms with Crippen LogP contribution < -0.4 is 15.0 Å². The van der Waals surface area contributed by atoms with Gasteiger partial charge in [-0.05, 0) is 60.5 Å². The Morgan fingerprint density at radius 3 is 2.47 bits per heavy atom. The summed E-state index contributed by atoms with van der Waals surface area (Å²) < 4.78 is 6.59. The van der Waals surface area contributed by atoms with Gasteiger partial charge in [-0.3, -0.25) is 14.9 Å². The van der Waals surface area contributed by atoms with Crippen molar-refractivity contribution in [1.29, 1.82) is 0 Å². The average Bonchev–Trinajstić information content (AvgIpc) is 2.79. The first-order valence-corrected chi connectivity index (χ1v) is 11.6. The molecule has 3 aromatic rings. The number of carbonyl (C=O) groups excluding carboxylic acids is 3. The third-order valence-corrected chi connectivity index (χ3v) is 6.66. The fourth-order valence-corrected chi connectivity index (χ4v) is 4.00. The molecule has 1 saturated heterocycles. The number of amides is 4. The number of ether oxygens (including phenoxy) is 1. The van der Waals surface area contributed by atoms with Gasteiger partial charge in [-0.1, -0.05) is 63.4 Å². The van der Waals surface area contributed by atoms with Crippen molar-refractivity contribution in [2.45, 2.75) is 13.5 Å². The van der Waals surface area contributed by atoms with Gasteiger partial charge in [0.05, 0.1) is 10.7 Å². The summed E-state index contributed by atoms with van der Waals surface area (Å²) in [6.07, 6.45) is 1.38. The van der Waals surface area contributed by atoms with E-state index in [2.05, 4.69) is 21.2 Å². The predicted octanol–water partition coefficient (Wildman–Crippen LogP) is 6.31. The minimum absolute atomic E-state index is 0.194. The molecule has 0 unspecified atom stereocenters. The SMILES string of the molecule is Cc1cc(N2C(=O)NC(=O)/C(=C/c3ccc(OCc4ccccc4Cl)c(Cl)c3)C2=O)ccc1Br. The lowest BCUT2D eigenvalue weighted by Crippen LogP contribution is -2.54. The largest absolute Gasteiger partial charge is 0.487 e. The van der Waals surface area contributed by atoms with Gasteiger partial charge in [0, 0.05) is 15.1 Å². The molecule has 1 aliphatic rings. The third kappa shape index (κ3) is 5.01. The number of urea groups is 1. The Bertz CT molecular complexity index is 1360. The summed E-state index contributed by atoms with van der Waals surface area (Å²) in [7, 11) is 0. The first-order chi connectivity index (χ1) is 16.2. The van der Waals surface area contributed by atoms with Crippen molar-refractivity contribution in [2.75, 3.05) is 4.90 Å². The highest BCUT2D eigenvalue weighted by molar-refractivity contribution is 9.10. The summed E-state index contributed by atoms with van der Waals surface area (Å²) >= 11 is 15.9. The van der Waals surface area contributed by atoms with Gasteiger partial charge < -0.3 is 4.74 Å². The number of rotatable bonds is 5. The number of aryl methyl sites for hydroxylation is 1. The molecular formula is C25H17BrCl2N2O4. The Balaban J connectivity index is 1.58. The van der Waals surface area contributed by atoms with E-state index in [1.165, 1.54) is 6.08 Å². The summed E-state index contributed by atoms with van der Waals surface area (Å²) in [4.78, 5) is 38.9. The van der Waals surface area contributed by atoms with E-state index < -0.39 is 17.8 Å². The van der Waals surface area contributed by atoms with Crippen molar-refractivity contribution in [3.05, 3.63) is 97.4 Å². The zero-order chi connectivity index (χ0) is 24.4. The Morgan fingerprint density at radius 2 is 1.76 bits per heavy atom. The van der Waals surface area contributed by atoms with Gasteiger partial charge in [-0.15, -0.1) is 0 Å². The van der Waals surface area contributed by atoms with Crippen LogP contribution in [0.15, 0.2) is 70.7 Å². The van der Waals surface area contributed by atoms with Crippen molar-refractivity contribution < 1.29 is 19.1 Å². The highest BCUT2D eigenvalue weighted by atomic mass is 79.9. The molecule has 0 aromatic heterocycles. The standard InChI is InChI=1S/C25H17BrCl2N2O4/c1-14-10-17(7-8-19(14)26)30-24(32)18(23(31)29-25(30)33)11-15-6-9-22(21(28)12-15)34-13-16-4-2-3-5-20(16)27/h2-12H,13H2,1H3,(H,29,31,33)/b18-11-. The first kappa shape index (κ1) is 24.0. The quantitative estimate of drug-likeness (QED) is 0.293. The number of halogens is 3. The lowest BCUT2D eigenvalue weighted by Gasteiger charge is -2.26. The highest BCUT2D eigenvalue weighted by Crippen LogP contribution is 2.30. The van der Waals surface area contributed by atoms with E-state index >= 15 is 0 Å². The second-order valence-corrected chi connectivity index (χ2v) is 9.13. The average molecular weight is 560 g/mol. The lowest BCUT2D eigenvalue weighted by molar-refractivity contribution is -0.122. The molecule has 0 radical (unpaired) electrons. The van der Waals surface area contributed by atoms with Crippen LogP contribution in [0.3, 0.4) is 0 Å². The number of barbiturate groups is 1. The van der Waals surface area contributed by atoms with E-state index in [0.29, 0.717) is 27.0 Å². The maximum absolute atomic E-state index is 13.1. The van der Waals surface area contributed by atoms with E-state index in [1.807, 2.05) is 25.1 Å². The van der Waals surface area contributed by atoms with Crippen LogP contribution in [0, 0.1) is 6.92 Å². The molecule has 0 spiro atoms. The summed E-state index contributed by atoms with van der Waals surface area (Å²) in [5, 5.41) is 3.09. The Kier molecular flexibility index (Phi) is 7.07. The molecule has 4 amide bonds. The van der Waals surface area contributed by atoms with E-state index in [-0.39, 0.29) is 12.2 Å². The van der Waals surface area contributed by atoms with Gasteiger partial charge in [0.25, 0.3) is 11.8 Å². The van der Waals surface area contributed by atoms with Crippen LogP contribution in [-0.4, -0.2) is 17.8 Å². The number of hydrogen-bond acceptors (Lipinski definition) is 4.